The van der Waals surface area contributed by atoms with Crippen LogP contribution in [0.2, 0.25) is 0 Å². The van der Waals surface area contributed by atoms with Gasteiger partial charge in [0.05, 0.1) is 48.0 Å². The topological polar surface area (TPSA) is 122 Å². The summed E-state index contributed by atoms with van der Waals surface area (Å²) in [5, 5.41) is 23.4. The molecule has 0 bridgehead atoms. The minimum Gasteiger partial charge on any atom is -0.478 e. The summed E-state index contributed by atoms with van der Waals surface area (Å²) in [6.07, 6.45) is 12.7. The number of rotatable bonds is 10. The molecular weight excluding hydrogens is 542 g/mol. The maximum absolute atomic E-state index is 13.6. The fourth-order valence-electron chi connectivity index (χ4n) is 6.99. The van der Waals surface area contributed by atoms with Gasteiger partial charge in [0, 0.05) is 30.6 Å². The molecule has 0 aromatic heterocycles. The van der Waals surface area contributed by atoms with E-state index >= 15 is 0 Å². The van der Waals surface area contributed by atoms with E-state index in [9.17, 15) is 24.6 Å². The first-order valence-corrected chi connectivity index (χ1v) is 14.9. The van der Waals surface area contributed by atoms with E-state index in [0.717, 1.165) is 24.0 Å². The lowest BCUT2D eigenvalue weighted by Gasteiger charge is -2.34. The van der Waals surface area contributed by atoms with Crippen molar-refractivity contribution in [1.29, 1.82) is 0 Å². The SMILES string of the molecule is C#C[C@@H](CC#CC)[C@H](O)/C=C(\C)[C@@H]1[C@H]2C(C3=CC=C3C(=O)O)CO[C@H]2C[C@H]1OC(=O)C1CCCCC1C(=O)NCS. The third-order valence-corrected chi connectivity index (χ3v) is 9.20. The average Bonchev–Trinajstić information content (AvgIpc) is 3.47. The van der Waals surface area contributed by atoms with Crippen LogP contribution in [0.1, 0.15) is 52.4 Å². The van der Waals surface area contributed by atoms with E-state index in [-0.39, 0.29) is 41.2 Å². The monoisotopic (exact) mass is 581 g/mol. The molecule has 1 amide bonds. The Morgan fingerprint density at radius 2 is 2.00 bits per heavy atom. The number of aliphatic carboxylic acids is 1. The largest absolute Gasteiger partial charge is 0.478 e. The maximum atomic E-state index is 13.6. The highest BCUT2D eigenvalue weighted by atomic mass is 32.1. The molecule has 4 aliphatic rings. The fraction of sp³-hybridized carbons (Fsp3) is 0.594. The van der Waals surface area contributed by atoms with Gasteiger partial charge >= 0.3 is 11.9 Å². The molecule has 41 heavy (non-hydrogen) atoms. The number of nitrogens with one attached hydrogen (secondary N) is 1. The quantitative estimate of drug-likeness (QED) is 0.103. The Hall–Kier alpha value is -2.98. The van der Waals surface area contributed by atoms with Crippen LogP contribution >= 0.6 is 12.6 Å². The fourth-order valence-corrected chi connectivity index (χ4v) is 7.15. The summed E-state index contributed by atoms with van der Waals surface area (Å²) in [5.41, 5.74) is 1.80. The van der Waals surface area contributed by atoms with E-state index in [1.54, 1.807) is 19.1 Å². The van der Waals surface area contributed by atoms with Gasteiger partial charge in [-0.25, -0.2) is 4.79 Å². The number of esters is 1. The number of aliphatic hydroxyl groups is 1. The van der Waals surface area contributed by atoms with Gasteiger partial charge in [0.1, 0.15) is 6.10 Å². The third-order valence-electron chi connectivity index (χ3n) is 9.04. The van der Waals surface area contributed by atoms with Gasteiger partial charge in [-0.3, -0.25) is 9.59 Å². The Morgan fingerprint density at radius 3 is 2.61 bits per heavy atom. The van der Waals surface area contributed by atoms with Crippen molar-refractivity contribution in [3.8, 4) is 24.2 Å². The molecule has 9 atom stereocenters. The summed E-state index contributed by atoms with van der Waals surface area (Å²) >= 11 is 4.10. The molecule has 8 nitrogen and oxygen atoms in total. The van der Waals surface area contributed by atoms with Crippen molar-refractivity contribution in [1.82, 2.24) is 5.32 Å². The smallest absolute Gasteiger partial charge is 0.335 e. The van der Waals surface area contributed by atoms with E-state index < -0.39 is 41.9 Å². The summed E-state index contributed by atoms with van der Waals surface area (Å²) in [6.45, 7) is 3.97. The minimum absolute atomic E-state index is 0.153. The van der Waals surface area contributed by atoms with Gasteiger partial charge in [-0.1, -0.05) is 36.5 Å². The summed E-state index contributed by atoms with van der Waals surface area (Å²) in [7, 11) is 0. The second kappa shape index (κ2) is 13.8. The molecule has 2 saturated carbocycles. The number of aliphatic hydroxyl groups excluding tert-OH is 1. The van der Waals surface area contributed by atoms with Crippen molar-refractivity contribution in [2.45, 2.75) is 70.7 Å². The molecular formula is C32H39NO7S. The Morgan fingerprint density at radius 1 is 1.27 bits per heavy atom. The average molecular weight is 582 g/mol. The molecule has 0 spiro atoms. The summed E-state index contributed by atoms with van der Waals surface area (Å²) < 4.78 is 12.4. The number of carboxylic acids is 1. The standard InChI is InChI=1S/C32H39NO7S/c1-4-6-9-19(5-2)25(34)14-18(3)28-27(40-32(38)23-11-8-7-10-21(23)30(35)33-17-41)15-26-29(28)24(16-39-26)20-12-13-22(20)31(36)37/h2,12-14,19,21,23-29,34,41H,7-11,15-17H2,1,3H3,(H,33,35)(H,36,37)/b18-14+/t19-,21?,23?,24?,25+,26-,27+,28-,29-/m0/s1. The first kappa shape index (κ1) is 31.0. The van der Waals surface area contributed by atoms with Gasteiger partial charge < -0.3 is 25.0 Å². The van der Waals surface area contributed by atoms with E-state index in [1.807, 2.05) is 13.0 Å². The predicted molar refractivity (Wildman–Crippen MR) is 156 cm³/mol. The number of carbonyl (C=O) groups is 3. The van der Waals surface area contributed by atoms with Crippen LogP contribution in [0.15, 0.2) is 34.9 Å². The molecule has 3 fully saturated rings. The number of carboxylic acid groups (broad SMARTS) is 1. The number of ether oxygens (including phenoxy) is 2. The first-order chi connectivity index (χ1) is 19.7. The van der Waals surface area contributed by atoms with E-state index in [1.165, 1.54) is 0 Å². The lowest BCUT2D eigenvalue weighted by Crippen LogP contribution is -2.41. The number of fused-ring (bicyclic) bond motifs is 1. The van der Waals surface area contributed by atoms with Gasteiger partial charge in [-0.15, -0.1) is 18.3 Å². The van der Waals surface area contributed by atoms with Crippen LogP contribution in [-0.2, 0) is 23.9 Å². The zero-order valence-corrected chi connectivity index (χ0v) is 24.4. The highest BCUT2D eigenvalue weighted by Gasteiger charge is 2.55. The third kappa shape index (κ3) is 6.59. The van der Waals surface area contributed by atoms with Crippen LogP contribution in [0.4, 0.5) is 0 Å². The van der Waals surface area contributed by atoms with Crippen molar-refractivity contribution in [2.24, 2.45) is 35.5 Å². The second-order valence-electron chi connectivity index (χ2n) is 11.3. The number of amides is 1. The molecule has 220 valence electrons. The van der Waals surface area contributed by atoms with Gasteiger partial charge in [0.2, 0.25) is 5.91 Å². The van der Waals surface area contributed by atoms with Gasteiger partial charge in [-0.2, -0.15) is 12.6 Å². The van der Waals surface area contributed by atoms with Crippen molar-refractivity contribution in [2.75, 3.05) is 12.5 Å². The Balaban J connectivity index is 1.61. The summed E-state index contributed by atoms with van der Waals surface area (Å²) in [4.78, 5) is 38.1. The van der Waals surface area contributed by atoms with Crippen LogP contribution in [0.3, 0.4) is 0 Å². The zero-order valence-electron chi connectivity index (χ0n) is 23.5. The van der Waals surface area contributed by atoms with Crippen LogP contribution < -0.4 is 5.32 Å². The molecule has 0 aromatic carbocycles. The Labute approximate surface area is 247 Å². The normalized spacial score (nSPS) is 32.1. The zero-order chi connectivity index (χ0) is 29.7. The lowest BCUT2D eigenvalue weighted by molar-refractivity contribution is -0.161. The predicted octanol–water partition coefficient (Wildman–Crippen LogP) is 3.28. The van der Waals surface area contributed by atoms with Crippen LogP contribution in [-0.4, -0.2) is 58.9 Å². The highest BCUT2D eigenvalue weighted by molar-refractivity contribution is 7.80. The molecule has 4 rings (SSSR count). The van der Waals surface area contributed by atoms with Crippen LogP contribution in [0, 0.1) is 59.7 Å². The molecule has 3 N–H and O–H groups in total. The number of allylic oxidation sites excluding steroid dienone is 2. The molecule has 1 aliphatic heterocycles. The summed E-state index contributed by atoms with van der Waals surface area (Å²) in [6, 6.07) is 0. The number of thiol groups is 1. The number of carbonyl (C=O) groups excluding carboxylic acids is 2. The minimum atomic E-state index is -0.983. The van der Waals surface area contributed by atoms with Crippen molar-refractivity contribution >= 4 is 30.5 Å². The molecule has 3 unspecified atom stereocenters. The maximum Gasteiger partial charge on any atom is 0.335 e. The molecule has 1 saturated heterocycles. The molecule has 3 aliphatic carbocycles. The number of hydrogen-bond donors (Lipinski definition) is 4. The van der Waals surface area contributed by atoms with Crippen LogP contribution in [0.25, 0.3) is 0 Å². The van der Waals surface area contributed by atoms with Crippen LogP contribution in [0.5, 0.6) is 0 Å². The lowest BCUT2D eigenvalue weighted by atomic mass is 9.72. The van der Waals surface area contributed by atoms with Crippen molar-refractivity contribution < 1.29 is 34.1 Å². The number of hydrogen-bond acceptors (Lipinski definition) is 7. The molecule has 0 radical (unpaired) electrons. The van der Waals surface area contributed by atoms with Crippen molar-refractivity contribution in [3.05, 3.63) is 34.9 Å². The summed E-state index contributed by atoms with van der Waals surface area (Å²) in [5.74, 6) is 4.78. The number of terminal acetylenes is 1. The van der Waals surface area contributed by atoms with E-state index in [2.05, 4.69) is 35.7 Å². The first-order valence-electron chi connectivity index (χ1n) is 14.3. The van der Waals surface area contributed by atoms with Crippen molar-refractivity contribution in [3.63, 3.8) is 0 Å². The second-order valence-corrected chi connectivity index (χ2v) is 11.6. The Bertz CT molecular complexity index is 1230. The molecule has 1 heterocycles. The van der Waals surface area contributed by atoms with E-state index in [4.69, 9.17) is 15.9 Å². The molecule has 0 aromatic rings. The Kier molecular flexibility index (Phi) is 10.4. The molecule has 9 heteroatoms. The van der Waals surface area contributed by atoms with Gasteiger partial charge in [0.25, 0.3) is 0 Å². The van der Waals surface area contributed by atoms with Gasteiger partial charge in [-0.05, 0) is 38.3 Å². The van der Waals surface area contributed by atoms with E-state index in [0.29, 0.717) is 32.3 Å². The van der Waals surface area contributed by atoms with Gasteiger partial charge in [0.15, 0.2) is 0 Å². The highest BCUT2D eigenvalue weighted by Crippen LogP contribution is 2.52.